The van der Waals surface area contributed by atoms with Gasteiger partial charge in [0.2, 0.25) is 5.78 Å². The molecule has 156 valence electrons. The van der Waals surface area contributed by atoms with Gasteiger partial charge in [-0.2, -0.15) is 0 Å². The summed E-state index contributed by atoms with van der Waals surface area (Å²) in [6, 6.07) is 18.1. The average Bonchev–Trinajstić information content (AvgIpc) is 3.08. The van der Waals surface area contributed by atoms with Crippen molar-refractivity contribution in [1.82, 2.24) is 15.3 Å². The van der Waals surface area contributed by atoms with Crippen LogP contribution in [-0.2, 0) is 12.8 Å². The van der Waals surface area contributed by atoms with Crippen LogP contribution in [0.3, 0.4) is 0 Å². The van der Waals surface area contributed by atoms with Crippen LogP contribution in [0, 0.1) is 6.92 Å². The predicted octanol–water partition coefficient (Wildman–Crippen LogP) is 3.85. The molecule has 0 aliphatic carbocycles. The summed E-state index contributed by atoms with van der Waals surface area (Å²) in [5.74, 6) is 0.812. The molecule has 5 nitrogen and oxygen atoms in total. The standard InChI is InChI=1S/C25H28N4O.H2/c1-19-22(17-21(18-27-19)12-11-20-7-3-2-4-8-20)25(30)23-9-5-10-24(28-23)29-15-6-13-26-14-16-29;/h2-5,7-10,17-18,26H,6,11-16H2,1H3;1H. The monoisotopic (exact) mass is 402 g/mol. The van der Waals surface area contributed by atoms with E-state index in [-0.39, 0.29) is 7.21 Å². The zero-order chi connectivity index (χ0) is 20.8. The molecule has 3 aromatic rings. The third kappa shape index (κ3) is 4.92. The van der Waals surface area contributed by atoms with Crippen molar-refractivity contribution in [2.45, 2.75) is 26.2 Å². The SMILES string of the molecule is Cc1ncc(CCc2ccccc2)cc1C(=O)c1cccc(N2CCCNCC2)n1.[HH]. The number of carbonyl (C=O) groups excluding carboxylic acids is 1. The van der Waals surface area contributed by atoms with Gasteiger partial charge in [-0.25, -0.2) is 4.98 Å². The summed E-state index contributed by atoms with van der Waals surface area (Å²) in [7, 11) is 0. The first-order valence-electron chi connectivity index (χ1n) is 10.7. The smallest absolute Gasteiger partial charge is 0.213 e. The van der Waals surface area contributed by atoms with E-state index in [1.807, 2.05) is 37.4 Å². The first kappa shape index (κ1) is 20.2. The van der Waals surface area contributed by atoms with Crippen LogP contribution in [0.15, 0.2) is 60.8 Å². The van der Waals surface area contributed by atoms with Crippen molar-refractivity contribution in [3.63, 3.8) is 0 Å². The van der Waals surface area contributed by atoms with Crippen molar-refractivity contribution < 1.29 is 6.22 Å². The second-order valence-corrected chi connectivity index (χ2v) is 7.76. The van der Waals surface area contributed by atoms with E-state index in [0.29, 0.717) is 11.3 Å². The number of rotatable bonds is 6. The van der Waals surface area contributed by atoms with Crippen molar-refractivity contribution >= 4 is 11.6 Å². The molecule has 1 saturated heterocycles. The predicted molar refractivity (Wildman–Crippen MR) is 122 cm³/mol. The molecule has 0 spiro atoms. The largest absolute Gasteiger partial charge is 0.355 e. The van der Waals surface area contributed by atoms with Crippen LogP contribution in [0.1, 0.15) is 40.7 Å². The molecule has 4 rings (SSSR count). The van der Waals surface area contributed by atoms with Crippen LogP contribution in [0.5, 0.6) is 0 Å². The summed E-state index contributed by atoms with van der Waals surface area (Å²) in [5.41, 5.74) is 4.22. The molecule has 1 fully saturated rings. The third-order valence-electron chi connectivity index (χ3n) is 5.56. The minimum atomic E-state index is -0.0589. The lowest BCUT2D eigenvalue weighted by atomic mass is 10.0. The zero-order valence-electron chi connectivity index (χ0n) is 17.5. The minimum Gasteiger partial charge on any atom is -0.355 e. The van der Waals surface area contributed by atoms with E-state index in [4.69, 9.17) is 4.98 Å². The molecule has 0 amide bonds. The van der Waals surface area contributed by atoms with Gasteiger partial charge in [0.1, 0.15) is 11.5 Å². The van der Waals surface area contributed by atoms with Crippen molar-refractivity contribution in [2.24, 2.45) is 0 Å². The Kier molecular flexibility index (Phi) is 6.50. The number of pyridine rings is 2. The summed E-state index contributed by atoms with van der Waals surface area (Å²) >= 11 is 0. The Morgan fingerprint density at radius 3 is 2.73 bits per heavy atom. The van der Waals surface area contributed by atoms with Gasteiger partial charge in [0, 0.05) is 38.5 Å². The van der Waals surface area contributed by atoms with Crippen LogP contribution in [0.25, 0.3) is 0 Å². The van der Waals surface area contributed by atoms with Gasteiger partial charge >= 0.3 is 0 Å². The van der Waals surface area contributed by atoms with Gasteiger partial charge in [0.25, 0.3) is 0 Å². The van der Waals surface area contributed by atoms with E-state index in [2.05, 4.69) is 39.5 Å². The number of hydrogen-bond donors (Lipinski definition) is 1. The Labute approximate surface area is 179 Å². The quantitative estimate of drug-likeness (QED) is 0.635. The van der Waals surface area contributed by atoms with Gasteiger partial charge in [-0.1, -0.05) is 36.4 Å². The van der Waals surface area contributed by atoms with Gasteiger partial charge in [0.15, 0.2) is 0 Å². The molecule has 0 atom stereocenters. The van der Waals surface area contributed by atoms with E-state index in [1.54, 1.807) is 6.07 Å². The number of hydrogen-bond acceptors (Lipinski definition) is 5. The molecule has 2 aromatic heterocycles. The number of anilines is 1. The normalized spacial score (nSPS) is 14.4. The Bertz CT molecular complexity index is 1000. The molecule has 1 aliphatic rings. The van der Waals surface area contributed by atoms with E-state index in [0.717, 1.165) is 62.5 Å². The fourth-order valence-corrected chi connectivity index (χ4v) is 3.81. The van der Waals surface area contributed by atoms with Crippen molar-refractivity contribution in [3.05, 3.63) is 88.9 Å². The second-order valence-electron chi connectivity index (χ2n) is 7.76. The van der Waals surface area contributed by atoms with Crippen LogP contribution in [0.2, 0.25) is 0 Å². The van der Waals surface area contributed by atoms with Gasteiger partial charge in [-0.3, -0.25) is 9.78 Å². The maximum absolute atomic E-state index is 13.3. The van der Waals surface area contributed by atoms with E-state index >= 15 is 0 Å². The van der Waals surface area contributed by atoms with Gasteiger partial charge in [0.05, 0.1) is 0 Å². The Morgan fingerprint density at radius 2 is 1.87 bits per heavy atom. The number of carbonyl (C=O) groups is 1. The topological polar surface area (TPSA) is 58.1 Å². The zero-order valence-corrected chi connectivity index (χ0v) is 17.5. The lowest BCUT2D eigenvalue weighted by molar-refractivity contribution is 0.103. The number of nitrogens with zero attached hydrogens (tertiary/aromatic N) is 3. The first-order chi connectivity index (χ1) is 14.7. The molecule has 1 aliphatic heterocycles. The van der Waals surface area contributed by atoms with Crippen molar-refractivity contribution in [3.8, 4) is 0 Å². The Balaban J connectivity index is 0.00000272. The number of nitrogens with one attached hydrogen (secondary N) is 1. The molecule has 30 heavy (non-hydrogen) atoms. The molecule has 0 saturated carbocycles. The highest BCUT2D eigenvalue weighted by atomic mass is 16.1. The van der Waals surface area contributed by atoms with Gasteiger partial charge in [-0.05, 0) is 62.1 Å². The number of benzene rings is 1. The average molecular weight is 403 g/mol. The summed E-state index contributed by atoms with van der Waals surface area (Å²) in [4.78, 5) is 24.7. The lowest BCUT2D eigenvalue weighted by Gasteiger charge is -2.21. The van der Waals surface area contributed by atoms with Gasteiger partial charge in [-0.15, -0.1) is 0 Å². The Morgan fingerprint density at radius 1 is 1.03 bits per heavy atom. The molecule has 0 unspecified atom stereocenters. The molecule has 0 bridgehead atoms. The van der Waals surface area contributed by atoms with E-state index in [9.17, 15) is 4.79 Å². The molecule has 5 heteroatoms. The molecule has 1 aromatic carbocycles. The van der Waals surface area contributed by atoms with Crippen LogP contribution < -0.4 is 10.2 Å². The van der Waals surface area contributed by atoms with Crippen LogP contribution in [-0.4, -0.2) is 41.9 Å². The summed E-state index contributed by atoms with van der Waals surface area (Å²) in [6.45, 7) is 5.70. The van der Waals surface area contributed by atoms with Crippen molar-refractivity contribution in [2.75, 3.05) is 31.1 Å². The third-order valence-corrected chi connectivity index (χ3v) is 5.56. The maximum atomic E-state index is 13.3. The molecule has 3 heterocycles. The number of ketones is 1. The number of aromatic nitrogens is 2. The molecule has 1 N–H and O–H groups in total. The highest BCUT2D eigenvalue weighted by Crippen LogP contribution is 2.18. The summed E-state index contributed by atoms with van der Waals surface area (Å²) in [5, 5.41) is 3.40. The minimum absolute atomic E-state index is 0. The van der Waals surface area contributed by atoms with E-state index < -0.39 is 0 Å². The Hall–Kier alpha value is -3.05. The van der Waals surface area contributed by atoms with Crippen molar-refractivity contribution in [1.29, 1.82) is 0 Å². The fraction of sp³-hybridized carbons (Fsp3) is 0.320. The second kappa shape index (κ2) is 9.63. The number of aryl methyl sites for hydroxylation is 3. The lowest BCUT2D eigenvalue weighted by Crippen LogP contribution is -2.29. The van der Waals surface area contributed by atoms with Crippen LogP contribution in [0.4, 0.5) is 5.82 Å². The molecule has 0 radical (unpaired) electrons. The van der Waals surface area contributed by atoms with E-state index in [1.165, 1.54) is 5.56 Å². The summed E-state index contributed by atoms with van der Waals surface area (Å²) in [6.07, 6.45) is 4.73. The van der Waals surface area contributed by atoms with Gasteiger partial charge < -0.3 is 10.2 Å². The molecular weight excluding hydrogens is 372 g/mol. The highest BCUT2D eigenvalue weighted by Gasteiger charge is 2.17. The fourth-order valence-electron chi connectivity index (χ4n) is 3.81. The highest BCUT2D eigenvalue weighted by molar-refractivity contribution is 6.08. The molecular formula is C25H30N4O. The first-order valence-corrected chi connectivity index (χ1v) is 10.7. The maximum Gasteiger partial charge on any atom is 0.213 e. The summed E-state index contributed by atoms with van der Waals surface area (Å²) < 4.78 is 0. The van der Waals surface area contributed by atoms with Crippen LogP contribution >= 0.6 is 0 Å².